The first-order valence-corrected chi connectivity index (χ1v) is 14.5. The summed E-state index contributed by atoms with van der Waals surface area (Å²) >= 11 is 7.15. The molecule has 1 fully saturated rings. The summed E-state index contributed by atoms with van der Waals surface area (Å²) in [5, 5.41) is 5.77. The van der Waals surface area contributed by atoms with Gasteiger partial charge >= 0.3 is 0 Å². The molecule has 0 aliphatic carbocycles. The molecular formula is C30H24BrIN2O3S. The summed E-state index contributed by atoms with van der Waals surface area (Å²) in [6.07, 6.45) is 1.85. The summed E-state index contributed by atoms with van der Waals surface area (Å²) < 4.78 is 13.9. The first kappa shape index (κ1) is 26.8. The third-order valence-electron chi connectivity index (χ3n) is 6.10. The van der Waals surface area contributed by atoms with Crippen molar-refractivity contribution in [1.29, 1.82) is 0 Å². The highest BCUT2D eigenvalue weighted by Gasteiger charge is 2.24. The number of carbonyl (C=O) groups is 1. The van der Waals surface area contributed by atoms with Crippen LogP contribution < -0.4 is 14.8 Å². The minimum Gasteiger partial charge on any atom is -0.493 e. The van der Waals surface area contributed by atoms with Gasteiger partial charge in [-0.1, -0.05) is 58.4 Å². The monoisotopic (exact) mass is 698 g/mol. The van der Waals surface area contributed by atoms with E-state index in [2.05, 4.69) is 73.1 Å². The predicted molar refractivity (Wildman–Crippen MR) is 168 cm³/mol. The van der Waals surface area contributed by atoms with Gasteiger partial charge < -0.3 is 14.8 Å². The number of aliphatic imine (C=N–C) groups is 1. The number of aryl methyl sites for hydroxylation is 2. The standard InChI is InChI=1S/C30H24BrIN2O3S/c1-17-11-22(12-18(2)27(17)31)33-30-34-29(35)26(38-30)15-19-13-24(32)28(25(14-19)36-3)37-16-21-9-6-8-20-7-4-5-10-23(20)21/h4-15H,16H2,1-3H3,(H,33,34,35)/b26-15-. The Labute approximate surface area is 248 Å². The molecule has 0 radical (unpaired) electrons. The number of rotatable bonds is 6. The van der Waals surface area contributed by atoms with Gasteiger partial charge in [-0.25, -0.2) is 4.99 Å². The summed E-state index contributed by atoms with van der Waals surface area (Å²) in [7, 11) is 1.62. The quantitative estimate of drug-likeness (QED) is 0.163. The Balaban J connectivity index is 1.37. The van der Waals surface area contributed by atoms with Crippen molar-refractivity contribution < 1.29 is 14.3 Å². The van der Waals surface area contributed by atoms with E-state index >= 15 is 0 Å². The number of hydrogen-bond acceptors (Lipinski definition) is 5. The van der Waals surface area contributed by atoms with Crippen molar-refractivity contribution in [1.82, 2.24) is 5.32 Å². The second kappa shape index (κ2) is 11.5. The molecule has 0 atom stereocenters. The Hall–Kier alpha value is -2.82. The maximum atomic E-state index is 12.7. The van der Waals surface area contributed by atoms with Gasteiger partial charge in [-0.15, -0.1) is 0 Å². The van der Waals surface area contributed by atoms with Gasteiger partial charge in [0.25, 0.3) is 5.91 Å². The summed E-state index contributed by atoms with van der Waals surface area (Å²) in [6.45, 7) is 4.47. The highest BCUT2D eigenvalue weighted by molar-refractivity contribution is 14.1. The molecule has 1 aliphatic rings. The average Bonchev–Trinajstić information content (AvgIpc) is 3.24. The molecule has 4 aromatic carbocycles. The number of amidine groups is 1. The van der Waals surface area contributed by atoms with Crippen molar-refractivity contribution in [3.63, 3.8) is 0 Å². The topological polar surface area (TPSA) is 59.9 Å². The van der Waals surface area contributed by atoms with E-state index in [4.69, 9.17) is 9.47 Å². The number of thioether (sulfide) groups is 1. The van der Waals surface area contributed by atoms with Crippen molar-refractivity contribution in [3.05, 3.63) is 102 Å². The maximum Gasteiger partial charge on any atom is 0.264 e. The van der Waals surface area contributed by atoms with Crippen LogP contribution in [-0.2, 0) is 11.4 Å². The SMILES string of the molecule is COc1cc(/C=C2\SC(=Nc3cc(C)c(Br)c(C)c3)NC2=O)cc(I)c1OCc1cccc2ccccc12. The van der Waals surface area contributed by atoms with Gasteiger partial charge in [-0.05, 0) is 112 Å². The highest BCUT2D eigenvalue weighted by atomic mass is 127. The van der Waals surface area contributed by atoms with Crippen LogP contribution in [0.5, 0.6) is 11.5 Å². The van der Waals surface area contributed by atoms with Crippen molar-refractivity contribution >= 4 is 83.9 Å². The number of methoxy groups -OCH3 is 1. The minimum absolute atomic E-state index is 0.176. The number of nitrogens with one attached hydrogen (secondary N) is 1. The number of fused-ring (bicyclic) bond motifs is 1. The number of halogens is 2. The number of hydrogen-bond donors (Lipinski definition) is 1. The van der Waals surface area contributed by atoms with E-state index in [1.807, 2.05) is 62.4 Å². The number of benzene rings is 4. The van der Waals surface area contributed by atoms with Gasteiger partial charge in [-0.3, -0.25) is 4.79 Å². The molecule has 0 bridgehead atoms. The largest absolute Gasteiger partial charge is 0.493 e. The van der Waals surface area contributed by atoms with Crippen molar-refractivity contribution in [3.8, 4) is 11.5 Å². The van der Waals surface area contributed by atoms with E-state index in [1.54, 1.807) is 7.11 Å². The Kier molecular flexibility index (Phi) is 8.11. The lowest BCUT2D eigenvalue weighted by molar-refractivity contribution is -0.115. The first-order chi connectivity index (χ1) is 18.3. The fraction of sp³-hybridized carbons (Fsp3) is 0.133. The van der Waals surface area contributed by atoms with Gasteiger partial charge in [0, 0.05) is 4.47 Å². The van der Waals surface area contributed by atoms with Crippen LogP contribution in [0.1, 0.15) is 22.3 Å². The lowest BCUT2D eigenvalue weighted by atomic mass is 10.1. The second-order valence-electron chi connectivity index (χ2n) is 8.84. The Morgan fingerprint density at radius 1 is 1.05 bits per heavy atom. The molecule has 4 aromatic rings. The summed E-state index contributed by atoms with van der Waals surface area (Å²) in [6, 6.07) is 22.3. The van der Waals surface area contributed by atoms with E-state index in [-0.39, 0.29) is 5.91 Å². The van der Waals surface area contributed by atoms with E-state index in [0.29, 0.717) is 28.2 Å². The molecule has 1 N–H and O–H groups in total. The van der Waals surface area contributed by atoms with Crippen LogP contribution in [0.25, 0.3) is 16.8 Å². The fourth-order valence-electron chi connectivity index (χ4n) is 4.27. The molecule has 5 rings (SSSR count). The van der Waals surface area contributed by atoms with E-state index in [9.17, 15) is 4.79 Å². The molecular weight excluding hydrogens is 675 g/mol. The smallest absolute Gasteiger partial charge is 0.264 e. The van der Waals surface area contributed by atoms with Crippen molar-refractivity contribution in [2.75, 3.05) is 7.11 Å². The molecule has 192 valence electrons. The molecule has 5 nitrogen and oxygen atoms in total. The van der Waals surface area contributed by atoms with Crippen LogP contribution in [0.3, 0.4) is 0 Å². The maximum absolute atomic E-state index is 12.7. The second-order valence-corrected chi connectivity index (χ2v) is 11.8. The predicted octanol–water partition coefficient (Wildman–Crippen LogP) is 8.30. The Bertz CT molecular complexity index is 1610. The summed E-state index contributed by atoms with van der Waals surface area (Å²) in [5.41, 5.74) is 4.95. The van der Waals surface area contributed by atoms with Gasteiger partial charge in [0.05, 0.1) is 21.3 Å². The highest BCUT2D eigenvalue weighted by Crippen LogP contribution is 2.37. The van der Waals surface area contributed by atoms with Gasteiger partial charge in [0.15, 0.2) is 16.7 Å². The number of amides is 1. The molecule has 8 heteroatoms. The van der Waals surface area contributed by atoms with E-state index < -0.39 is 0 Å². The number of nitrogens with zero attached hydrogens (tertiary/aromatic N) is 1. The summed E-state index contributed by atoms with van der Waals surface area (Å²) in [4.78, 5) is 17.9. The Morgan fingerprint density at radius 3 is 2.55 bits per heavy atom. The number of carbonyl (C=O) groups excluding carboxylic acids is 1. The molecule has 0 aromatic heterocycles. The Morgan fingerprint density at radius 2 is 1.79 bits per heavy atom. The average molecular weight is 699 g/mol. The van der Waals surface area contributed by atoms with Crippen LogP contribution >= 0.6 is 50.3 Å². The van der Waals surface area contributed by atoms with Crippen molar-refractivity contribution in [2.24, 2.45) is 4.99 Å². The van der Waals surface area contributed by atoms with E-state index in [0.717, 1.165) is 36.0 Å². The van der Waals surface area contributed by atoms with E-state index in [1.165, 1.54) is 22.5 Å². The van der Waals surface area contributed by atoms with Crippen LogP contribution in [0.4, 0.5) is 5.69 Å². The molecule has 0 unspecified atom stereocenters. The minimum atomic E-state index is -0.176. The van der Waals surface area contributed by atoms with Gasteiger partial charge in [0.2, 0.25) is 0 Å². The van der Waals surface area contributed by atoms with Crippen LogP contribution in [0.15, 0.2) is 81.1 Å². The molecule has 1 aliphatic heterocycles. The molecule has 38 heavy (non-hydrogen) atoms. The molecule has 1 amide bonds. The zero-order chi connectivity index (χ0) is 26.8. The molecule has 0 spiro atoms. The lowest BCUT2D eigenvalue weighted by Crippen LogP contribution is -2.19. The lowest BCUT2D eigenvalue weighted by Gasteiger charge is -2.15. The first-order valence-electron chi connectivity index (χ1n) is 11.9. The molecule has 0 saturated carbocycles. The molecule has 1 saturated heterocycles. The van der Waals surface area contributed by atoms with Gasteiger partial charge in [-0.2, -0.15) is 0 Å². The van der Waals surface area contributed by atoms with Crippen LogP contribution in [0.2, 0.25) is 0 Å². The van der Waals surface area contributed by atoms with Crippen molar-refractivity contribution in [2.45, 2.75) is 20.5 Å². The summed E-state index contributed by atoms with van der Waals surface area (Å²) in [5.74, 6) is 1.11. The third kappa shape index (κ3) is 5.77. The fourth-order valence-corrected chi connectivity index (χ4v) is 6.12. The third-order valence-corrected chi connectivity index (χ3v) is 9.07. The van der Waals surface area contributed by atoms with Crippen LogP contribution in [-0.4, -0.2) is 18.2 Å². The normalized spacial score (nSPS) is 15.3. The zero-order valence-corrected chi connectivity index (χ0v) is 25.5. The van der Waals surface area contributed by atoms with Crippen LogP contribution in [0, 0.1) is 17.4 Å². The number of ether oxygens (including phenoxy) is 2. The van der Waals surface area contributed by atoms with Gasteiger partial charge in [0.1, 0.15) is 6.61 Å². The molecule has 1 heterocycles. The zero-order valence-electron chi connectivity index (χ0n) is 21.0.